The van der Waals surface area contributed by atoms with E-state index in [4.69, 9.17) is 0 Å². The van der Waals surface area contributed by atoms with Gasteiger partial charge in [0.15, 0.2) is 5.13 Å². The Kier molecular flexibility index (Phi) is 5.26. The van der Waals surface area contributed by atoms with Gasteiger partial charge < -0.3 is 10.3 Å². The summed E-state index contributed by atoms with van der Waals surface area (Å²) in [7, 11) is 0. The van der Waals surface area contributed by atoms with Crippen LogP contribution < -0.4 is 5.32 Å². The fourth-order valence-corrected chi connectivity index (χ4v) is 4.04. The summed E-state index contributed by atoms with van der Waals surface area (Å²) in [5, 5.41) is 5.64. The van der Waals surface area contributed by atoms with E-state index in [0.717, 1.165) is 42.2 Å². The van der Waals surface area contributed by atoms with Crippen LogP contribution in [0.4, 0.5) is 5.13 Å². The summed E-state index contributed by atoms with van der Waals surface area (Å²) < 4.78 is 0. The quantitative estimate of drug-likeness (QED) is 0.696. The lowest BCUT2D eigenvalue weighted by atomic mass is 10.1. The molecule has 1 fully saturated rings. The molecule has 2 N–H and O–H groups in total. The number of para-hydroxylation sites is 2. The van der Waals surface area contributed by atoms with E-state index in [1.54, 1.807) is 0 Å². The first-order valence-electron chi connectivity index (χ1n) is 9.16. The van der Waals surface area contributed by atoms with E-state index < -0.39 is 0 Å². The Morgan fingerprint density at radius 1 is 1.19 bits per heavy atom. The van der Waals surface area contributed by atoms with Crippen LogP contribution >= 0.6 is 11.3 Å². The number of hydrogen-bond acceptors (Lipinski definition) is 5. The number of imidazole rings is 1. The standard InChI is InChI=1S/C19H23N5OS/c25-18(9-8-17-21-15-6-2-3-7-16(15)22-17)23-19-20-14(13-26-19)12-24-10-4-1-5-11-24/h2-3,6-7,13H,1,4-5,8-12H2,(H,21,22)(H,20,23,25). The number of piperidine rings is 1. The SMILES string of the molecule is O=C(CCc1nc2ccccc2[nH]1)Nc1nc(CN2CCCCC2)cs1. The van der Waals surface area contributed by atoms with Crippen LogP contribution in [0.1, 0.15) is 37.2 Å². The summed E-state index contributed by atoms with van der Waals surface area (Å²) in [4.78, 5) is 27.0. The van der Waals surface area contributed by atoms with Crippen molar-refractivity contribution in [3.05, 3.63) is 41.2 Å². The zero-order valence-electron chi connectivity index (χ0n) is 14.7. The predicted molar refractivity (Wildman–Crippen MR) is 104 cm³/mol. The second-order valence-corrected chi connectivity index (χ2v) is 7.59. The van der Waals surface area contributed by atoms with E-state index in [9.17, 15) is 4.79 Å². The highest BCUT2D eigenvalue weighted by atomic mass is 32.1. The Bertz CT molecular complexity index is 848. The van der Waals surface area contributed by atoms with Crippen molar-refractivity contribution in [2.24, 2.45) is 0 Å². The number of carbonyl (C=O) groups excluding carboxylic acids is 1. The lowest BCUT2D eigenvalue weighted by Gasteiger charge is -2.25. The lowest BCUT2D eigenvalue weighted by molar-refractivity contribution is -0.116. The molecule has 0 saturated carbocycles. The van der Waals surface area contributed by atoms with Gasteiger partial charge in [-0.2, -0.15) is 0 Å². The fourth-order valence-electron chi connectivity index (χ4n) is 3.32. The molecule has 0 radical (unpaired) electrons. The number of hydrogen-bond donors (Lipinski definition) is 2. The van der Waals surface area contributed by atoms with Crippen molar-refractivity contribution in [1.82, 2.24) is 19.9 Å². The summed E-state index contributed by atoms with van der Waals surface area (Å²) in [6.45, 7) is 3.18. The normalized spacial score (nSPS) is 15.4. The Morgan fingerprint density at radius 2 is 2.04 bits per heavy atom. The molecular formula is C19H23N5OS. The van der Waals surface area contributed by atoms with Gasteiger partial charge in [-0.15, -0.1) is 11.3 Å². The maximum atomic E-state index is 12.2. The van der Waals surface area contributed by atoms with Crippen molar-refractivity contribution in [3.63, 3.8) is 0 Å². The van der Waals surface area contributed by atoms with Crippen molar-refractivity contribution in [1.29, 1.82) is 0 Å². The molecule has 0 bridgehead atoms. The average Bonchev–Trinajstić information content (AvgIpc) is 3.27. The second kappa shape index (κ2) is 7.97. The molecule has 26 heavy (non-hydrogen) atoms. The topological polar surface area (TPSA) is 73.9 Å². The van der Waals surface area contributed by atoms with Crippen molar-refractivity contribution in [2.75, 3.05) is 18.4 Å². The Balaban J connectivity index is 1.27. The Hall–Kier alpha value is -2.25. The first-order valence-corrected chi connectivity index (χ1v) is 10.0. The van der Waals surface area contributed by atoms with Crippen LogP contribution in [0.25, 0.3) is 11.0 Å². The minimum absolute atomic E-state index is 0.0238. The van der Waals surface area contributed by atoms with E-state index in [1.165, 1.54) is 30.6 Å². The fraction of sp³-hybridized carbons (Fsp3) is 0.421. The number of carbonyl (C=O) groups is 1. The van der Waals surface area contributed by atoms with E-state index in [0.29, 0.717) is 18.0 Å². The molecule has 1 aliphatic heterocycles. The number of amides is 1. The van der Waals surface area contributed by atoms with Gasteiger partial charge in [0.05, 0.1) is 16.7 Å². The highest BCUT2D eigenvalue weighted by molar-refractivity contribution is 7.13. The molecule has 0 unspecified atom stereocenters. The zero-order valence-corrected chi connectivity index (χ0v) is 15.5. The summed E-state index contributed by atoms with van der Waals surface area (Å²) in [5.74, 6) is 0.815. The molecule has 0 spiro atoms. The molecule has 1 saturated heterocycles. The molecule has 4 rings (SSSR count). The predicted octanol–water partition coefficient (Wildman–Crippen LogP) is 3.58. The lowest BCUT2D eigenvalue weighted by Crippen LogP contribution is -2.29. The van der Waals surface area contributed by atoms with Crippen LogP contribution in [-0.2, 0) is 17.8 Å². The van der Waals surface area contributed by atoms with E-state index in [-0.39, 0.29) is 5.91 Å². The smallest absolute Gasteiger partial charge is 0.226 e. The van der Waals surface area contributed by atoms with Crippen LogP contribution in [0.3, 0.4) is 0 Å². The molecule has 7 heteroatoms. The number of benzene rings is 1. The number of thiazole rings is 1. The third-order valence-corrected chi connectivity index (χ3v) is 5.47. The van der Waals surface area contributed by atoms with Gasteiger partial charge in [-0.05, 0) is 38.1 Å². The van der Waals surface area contributed by atoms with Gasteiger partial charge in [0.25, 0.3) is 0 Å². The molecule has 0 atom stereocenters. The van der Waals surface area contributed by atoms with Crippen LogP contribution in [0, 0.1) is 0 Å². The zero-order chi connectivity index (χ0) is 17.8. The maximum absolute atomic E-state index is 12.2. The van der Waals surface area contributed by atoms with Gasteiger partial charge >= 0.3 is 0 Å². The van der Waals surface area contributed by atoms with Gasteiger partial charge in [-0.25, -0.2) is 9.97 Å². The largest absolute Gasteiger partial charge is 0.342 e. The maximum Gasteiger partial charge on any atom is 0.226 e. The number of fused-ring (bicyclic) bond motifs is 1. The van der Waals surface area contributed by atoms with Gasteiger partial charge in [0.2, 0.25) is 5.91 Å². The first kappa shape index (κ1) is 17.2. The van der Waals surface area contributed by atoms with Gasteiger partial charge in [-0.3, -0.25) is 9.69 Å². The summed E-state index contributed by atoms with van der Waals surface area (Å²) in [5.41, 5.74) is 2.99. The molecule has 1 aromatic carbocycles. The first-order chi connectivity index (χ1) is 12.8. The third kappa shape index (κ3) is 4.28. The molecule has 0 aliphatic carbocycles. The number of rotatable bonds is 6. The Morgan fingerprint density at radius 3 is 2.88 bits per heavy atom. The van der Waals surface area contributed by atoms with E-state index >= 15 is 0 Å². The molecule has 2 aromatic heterocycles. The van der Waals surface area contributed by atoms with Gasteiger partial charge in [-0.1, -0.05) is 18.6 Å². The van der Waals surface area contributed by atoms with Gasteiger partial charge in [0, 0.05) is 24.8 Å². The molecule has 136 valence electrons. The number of aromatic amines is 1. The Labute approximate surface area is 156 Å². The molecule has 1 amide bonds. The van der Waals surface area contributed by atoms with Crippen LogP contribution in [0.2, 0.25) is 0 Å². The molecule has 3 aromatic rings. The number of nitrogens with zero attached hydrogens (tertiary/aromatic N) is 3. The molecule has 3 heterocycles. The molecule has 1 aliphatic rings. The van der Waals surface area contributed by atoms with E-state index in [2.05, 4.69) is 25.2 Å². The van der Waals surface area contributed by atoms with Crippen LogP contribution in [-0.4, -0.2) is 38.8 Å². The summed E-state index contributed by atoms with van der Waals surface area (Å²) >= 11 is 1.50. The highest BCUT2D eigenvalue weighted by Gasteiger charge is 2.13. The van der Waals surface area contributed by atoms with Crippen LogP contribution in [0.5, 0.6) is 0 Å². The second-order valence-electron chi connectivity index (χ2n) is 6.73. The number of nitrogens with one attached hydrogen (secondary N) is 2. The molecule has 6 nitrogen and oxygen atoms in total. The number of anilines is 1. The van der Waals surface area contributed by atoms with Crippen molar-refractivity contribution < 1.29 is 4.79 Å². The van der Waals surface area contributed by atoms with E-state index in [1.807, 2.05) is 29.6 Å². The number of H-pyrrole nitrogens is 1. The van der Waals surface area contributed by atoms with Crippen molar-refractivity contribution >= 4 is 33.4 Å². The number of likely N-dealkylation sites (tertiary alicyclic amines) is 1. The monoisotopic (exact) mass is 369 g/mol. The average molecular weight is 369 g/mol. The minimum atomic E-state index is -0.0238. The minimum Gasteiger partial charge on any atom is -0.342 e. The third-order valence-electron chi connectivity index (χ3n) is 4.66. The number of aromatic nitrogens is 3. The highest BCUT2D eigenvalue weighted by Crippen LogP contribution is 2.19. The molecular weight excluding hydrogens is 346 g/mol. The van der Waals surface area contributed by atoms with Crippen LogP contribution in [0.15, 0.2) is 29.6 Å². The summed E-state index contributed by atoms with van der Waals surface area (Å²) in [6, 6.07) is 7.89. The van der Waals surface area contributed by atoms with Crippen molar-refractivity contribution in [2.45, 2.75) is 38.6 Å². The number of aryl methyl sites for hydroxylation is 1. The van der Waals surface area contributed by atoms with Crippen molar-refractivity contribution in [3.8, 4) is 0 Å². The summed E-state index contributed by atoms with van der Waals surface area (Å²) in [6.07, 6.45) is 4.86. The van der Waals surface area contributed by atoms with Gasteiger partial charge in [0.1, 0.15) is 5.82 Å².